The van der Waals surface area contributed by atoms with Crippen LogP contribution in [-0.4, -0.2) is 190 Å². The van der Waals surface area contributed by atoms with Crippen molar-refractivity contribution in [2.45, 2.75) is 67.7 Å². The molecule has 2 bridgehead atoms. The Balaban J connectivity index is 0.601. The third-order valence-corrected chi connectivity index (χ3v) is 16.4. The molecule has 7 aromatic rings. The normalized spacial score (nSPS) is 25.5. The molecule has 22 heteroatoms. The summed E-state index contributed by atoms with van der Waals surface area (Å²) in [7, 11) is 0. The molecule has 78 heavy (non-hydrogen) atoms. The number of anilines is 1. The molecule has 13 rings (SSSR count). The van der Waals surface area contributed by atoms with Gasteiger partial charge < -0.3 is 44.0 Å². The predicted molar refractivity (Wildman–Crippen MR) is 283 cm³/mol. The van der Waals surface area contributed by atoms with Crippen LogP contribution in [0.15, 0.2) is 66.9 Å². The summed E-state index contributed by atoms with van der Waals surface area (Å²) in [6, 6.07) is 17.0. The smallest absolute Gasteiger partial charge is 0.319 e. The zero-order valence-corrected chi connectivity index (χ0v) is 43.1. The second-order valence-corrected chi connectivity index (χ2v) is 21.4. The van der Waals surface area contributed by atoms with Gasteiger partial charge in [0.25, 0.3) is 11.9 Å². The average Bonchev–Trinajstić information content (AvgIpc) is 4.35. The predicted octanol–water partition coefficient (Wildman–Crippen LogP) is 6.33. The molecule has 0 spiro atoms. The van der Waals surface area contributed by atoms with Crippen LogP contribution in [0.1, 0.15) is 24.8 Å². The highest BCUT2D eigenvalue weighted by atomic mass is 35.5. The summed E-state index contributed by atoms with van der Waals surface area (Å²) < 4.78 is 93.4. The number of hydrogen-bond acceptors (Lipinski definition) is 16. The molecule has 0 radical (unpaired) electrons. The summed E-state index contributed by atoms with van der Waals surface area (Å²) in [5, 5.41) is 15.6. The summed E-state index contributed by atoms with van der Waals surface area (Å²) in [5.41, 5.74) is 2.66. The Hall–Kier alpha value is -6.48. The number of aromatic amines is 1. The number of aliphatic hydroxyl groups is 1. The van der Waals surface area contributed by atoms with Crippen molar-refractivity contribution in [3.05, 3.63) is 89.1 Å². The minimum absolute atomic E-state index is 0.0141. The zero-order chi connectivity index (χ0) is 53.2. The molecule has 17 nitrogen and oxygen atoms in total. The lowest BCUT2D eigenvalue weighted by Crippen LogP contribution is -2.62. The molecule has 6 aliphatic heterocycles. The van der Waals surface area contributed by atoms with E-state index in [4.69, 9.17) is 46.7 Å². The number of nitrogens with one attached hydrogen (secondary N) is 2. The van der Waals surface area contributed by atoms with Crippen LogP contribution in [0.3, 0.4) is 0 Å². The second kappa shape index (κ2) is 21.0. The Bertz CT molecular complexity index is 3430. The summed E-state index contributed by atoms with van der Waals surface area (Å²) in [6.45, 7) is 5.34. The number of aliphatic hydroxyl groups excluding tert-OH is 1. The van der Waals surface area contributed by atoms with E-state index in [1.54, 1.807) is 53.6 Å². The van der Waals surface area contributed by atoms with Gasteiger partial charge in [0.15, 0.2) is 17.6 Å². The van der Waals surface area contributed by atoms with Gasteiger partial charge in [-0.3, -0.25) is 19.7 Å². The number of aromatic nitrogens is 6. The number of fused-ring (bicyclic) bond motifs is 6. The first-order valence-electron chi connectivity index (χ1n) is 26.6. The Labute approximate surface area is 451 Å². The van der Waals surface area contributed by atoms with Crippen molar-refractivity contribution in [2.75, 3.05) is 96.8 Å². The molecule has 6 saturated heterocycles. The molecule has 3 unspecified atom stereocenters. The van der Waals surface area contributed by atoms with E-state index in [1.165, 1.54) is 6.07 Å². The van der Waals surface area contributed by atoms with E-state index in [1.807, 2.05) is 17.0 Å². The Kier molecular flexibility index (Phi) is 13.7. The summed E-state index contributed by atoms with van der Waals surface area (Å²) in [6.07, 6.45) is 7.79. The van der Waals surface area contributed by atoms with Crippen LogP contribution in [-0.2, 0) is 9.47 Å². The number of likely N-dealkylation sites (tertiary alicyclic amines) is 1. The number of imidazole rings is 1. The third kappa shape index (κ3) is 9.80. The van der Waals surface area contributed by atoms with Crippen LogP contribution < -0.4 is 24.4 Å². The van der Waals surface area contributed by atoms with Gasteiger partial charge in [0, 0.05) is 93.7 Å². The number of hydrogen-bond donors (Lipinski definition) is 3. The first kappa shape index (κ1) is 51.0. The van der Waals surface area contributed by atoms with Gasteiger partial charge in [0.1, 0.15) is 60.1 Å². The fraction of sp³-hybridized carbons (Fsp3) is 0.446. The van der Waals surface area contributed by atoms with Crippen molar-refractivity contribution in [1.29, 1.82) is 0 Å². The third-order valence-electron chi connectivity index (χ3n) is 16.1. The lowest BCUT2D eigenvalue weighted by atomic mass is 9.96. The highest BCUT2D eigenvalue weighted by Gasteiger charge is 2.49. The monoisotopic (exact) mass is 1090 g/mol. The van der Waals surface area contributed by atoms with Gasteiger partial charge in [-0.1, -0.05) is 41.8 Å². The van der Waals surface area contributed by atoms with E-state index in [0.717, 1.165) is 18.4 Å². The number of ether oxygens (including phenoxy) is 5. The SMILES string of the molecule is C#Cc1c(F)ccc2cccc(-c3ncc4c(N5CC6CCC(C5)N6)nc(OCCN5CCN(C6CCN(CCOc7ccc(-c8nc9nc(O[C@@H]%10CO[C@H]%11[C@@H]%10OC[C@H]%11O)[nH]c9cc8Cl)cc7)CC6(F)F)CC5)nc4c3F)c12. The van der Waals surface area contributed by atoms with Crippen molar-refractivity contribution < 1.29 is 46.4 Å². The molecular weight excluding hydrogens is 1030 g/mol. The van der Waals surface area contributed by atoms with E-state index in [0.29, 0.717) is 120 Å². The number of nitrogens with zero attached hydrogens (tertiary/aromatic N) is 9. The van der Waals surface area contributed by atoms with Gasteiger partial charge in [0.2, 0.25) is 0 Å². The van der Waals surface area contributed by atoms with E-state index < -0.39 is 41.9 Å². The van der Waals surface area contributed by atoms with Gasteiger partial charge in [-0.25, -0.2) is 22.5 Å². The lowest BCUT2D eigenvalue weighted by molar-refractivity contribution is -0.134. The van der Waals surface area contributed by atoms with Gasteiger partial charge in [-0.15, -0.1) is 6.42 Å². The fourth-order valence-corrected chi connectivity index (χ4v) is 12.5. The lowest BCUT2D eigenvalue weighted by Gasteiger charge is -2.46. The first-order valence-corrected chi connectivity index (χ1v) is 26.9. The van der Waals surface area contributed by atoms with Crippen LogP contribution >= 0.6 is 11.6 Å². The largest absolute Gasteiger partial charge is 0.492 e. The summed E-state index contributed by atoms with van der Waals surface area (Å²) in [4.78, 5) is 34.3. The molecule has 0 amide bonds. The molecule has 6 aliphatic rings. The van der Waals surface area contributed by atoms with E-state index >= 15 is 13.2 Å². The number of halogens is 5. The van der Waals surface area contributed by atoms with E-state index in [9.17, 15) is 9.50 Å². The number of piperidine rings is 1. The average molecular weight is 1090 g/mol. The van der Waals surface area contributed by atoms with Crippen LogP contribution in [0.5, 0.6) is 17.8 Å². The maximum atomic E-state index is 17.0. The molecule has 3 N–H and O–H groups in total. The Morgan fingerprint density at radius 1 is 0.846 bits per heavy atom. The van der Waals surface area contributed by atoms with Crippen molar-refractivity contribution >= 4 is 50.3 Å². The molecule has 0 saturated carbocycles. The van der Waals surface area contributed by atoms with Crippen molar-refractivity contribution in [2.24, 2.45) is 0 Å². The van der Waals surface area contributed by atoms with Gasteiger partial charge >= 0.3 is 6.01 Å². The molecule has 10 heterocycles. The molecule has 7 atom stereocenters. The molecule has 406 valence electrons. The number of benzene rings is 3. The number of terminal acetylenes is 1. The Morgan fingerprint density at radius 2 is 1.63 bits per heavy atom. The molecule has 0 aliphatic carbocycles. The molecule has 6 fully saturated rings. The minimum Gasteiger partial charge on any atom is -0.492 e. The highest BCUT2D eigenvalue weighted by molar-refractivity contribution is 6.33. The van der Waals surface area contributed by atoms with E-state index in [2.05, 4.69) is 46.0 Å². The zero-order valence-electron chi connectivity index (χ0n) is 42.4. The second-order valence-electron chi connectivity index (χ2n) is 21.0. The van der Waals surface area contributed by atoms with Crippen LogP contribution in [0.4, 0.5) is 23.4 Å². The van der Waals surface area contributed by atoms with Gasteiger partial charge in [-0.2, -0.15) is 15.0 Å². The number of pyridine rings is 2. The van der Waals surface area contributed by atoms with Gasteiger partial charge in [0.05, 0.1) is 53.0 Å². The number of piperazine rings is 2. The van der Waals surface area contributed by atoms with Crippen molar-refractivity contribution in [3.63, 3.8) is 0 Å². The maximum Gasteiger partial charge on any atom is 0.319 e. The maximum absolute atomic E-state index is 17.0. The first-order chi connectivity index (χ1) is 37.9. The topological polar surface area (TPSA) is 172 Å². The summed E-state index contributed by atoms with van der Waals surface area (Å²) in [5.74, 6) is -0.645. The quantitative estimate of drug-likeness (QED) is 0.0815. The molecule has 4 aromatic heterocycles. The standard InChI is InChI=1S/C56H56ClF4N11O6/c1-2-36-40(58)13-8-31-4-3-5-37(45(31)36)48-46(59)49-38(25-62-48)53(72-26-33-9-10-34(27-72)63-33)68-54(66-49)75-23-20-69-16-18-71(19-17-69)44-14-15-70(30-56(44,60)61)21-22-74-35-11-6-32(7-12-35)47-39(57)24-41-52(65-47)67-55(64-41)78-43-29-77-50-42(73)28-76-51(43)50/h1,3-8,11-13,24-25,33-34,42-44,50-51,63,73H,9-10,14-23,26-30H2,(H,64,65,67)/t33?,34?,42-,43-,44?,50-,51-/m1/s1. The molecular formula is C56H56ClF4N11O6. The fourth-order valence-electron chi connectivity index (χ4n) is 12.2. The summed E-state index contributed by atoms with van der Waals surface area (Å²) >= 11 is 6.67. The van der Waals surface area contributed by atoms with Crippen LogP contribution in [0, 0.1) is 24.0 Å². The Morgan fingerprint density at radius 3 is 2.42 bits per heavy atom. The van der Waals surface area contributed by atoms with Crippen molar-refractivity contribution in [1.82, 2.24) is 49.9 Å². The number of alkyl halides is 2. The minimum atomic E-state index is -2.92. The van der Waals surface area contributed by atoms with Crippen LogP contribution in [0.2, 0.25) is 5.02 Å². The number of rotatable bonds is 14. The highest BCUT2D eigenvalue weighted by Crippen LogP contribution is 2.39. The van der Waals surface area contributed by atoms with Crippen molar-refractivity contribution in [3.8, 4) is 52.6 Å². The number of H-pyrrole nitrogens is 1. The van der Waals surface area contributed by atoms with Gasteiger partial charge in [-0.05, 0) is 61.0 Å². The molecule has 3 aromatic carbocycles. The van der Waals surface area contributed by atoms with Crippen LogP contribution in [0.25, 0.3) is 55.4 Å². The van der Waals surface area contributed by atoms with E-state index in [-0.39, 0.29) is 80.0 Å².